The Kier molecular flexibility index (Phi) is 4.95. The molecule has 3 N–H and O–H groups in total. The first-order valence-corrected chi connectivity index (χ1v) is 6.51. The van der Waals surface area contributed by atoms with E-state index >= 15 is 0 Å². The van der Waals surface area contributed by atoms with Gasteiger partial charge in [-0.15, -0.1) is 0 Å². The van der Waals surface area contributed by atoms with Gasteiger partial charge in [-0.05, 0) is 37.5 Å². The molecule has 0 aliphatic heterocycles. The summed E-state index contributed by atoms with van der Waals surface area (Å²) in [6.07, 6.45) is 0.00450. The molecule has 0 aliphatic carbocycles. The predicted octanol–water partition coefficient (Wildman–Crippen LogP) is 2.77. The number of ether oxygens (including phenoxy) is 1. The highest BCUT2D eigenvalue weighted by molar-refractivity contribution is 5.77. The van der Waals surface area contributed by atoms with E-state index in [9.17, 15) is 4.79 Å². The Morgan fingerprint density at radius 3 is 2.26 bits per heavy atom. The van der Waals surface area contributed by atoms with Gasteiger partial charge in [-0.1, -0.05) is 26.0 Å². The number of carboxylic acids is 1. The first-order valence-electron chi connectivity index (χ1n) is 6.51. The van der Waals surface area contributed by atoms with Crippen molar-refractivity contribution in [2.75, 3.05) is 0 Å². The van der Waals surface area contributed by atoms with Crippen LogP contribution in [0.2, 0.25) is 0 Å². The van der Waals surface area contributed by atoms with Crippen LogP contribution in [-0.2, 0) is 4.79 Å². The van der Waals surface area contributed by atoms with Gasteiger partial charge in [0, 0.05) is 6.42 Å². The standard InChI is InChI=1S/C15H23NO3/c1-10(2)12-5-7-13(8-6-12)19-11(3)9-15(4,16)14(17)18/h5-8,10-11H,9,16H2,1-4H3,(H,17,18). The molecule has 2 unspecified atom stereocenters. The van der Waals surface area contributed by atoms with Crippen LogP contribution in [0.25, 0.3) is 0 Å². The van der Waals surface area contributed by atoms with Gasteiger partial charge in [0.05, 0.1) is 6.10 Å². The summed E-state index contributed by atoms with van der Waals surface area (Å²) in [5.74, 6) is 0.196. The molecule has 0 radical (unpaired) electrons. The molecule has 0 aliphatic rings. The first kappa shape index (κ1) is 15.5. The Bertz CT molecular complexity index is 424. The molecular formula is C15H23NO3. The van der Waals surface area contributed by atoms with Gasteiger partial charge in [0.2, 0.25) is 0 Å². The lowest BCUT2D eigenvalue weighted by atomic mass is 9.96. The van der Waals surface area contributed by atoms with Crippen molar-refractivity contribution in [3.05, 3.63) is 29.8 Å². The van der Waals surface area contributed by atoms with Crippen LogP contribution in [-0.4, -0.2) is 22.7 Å². The van der Waals surface area contributed by atoms with Gasteiger partial charge in [0.15, 0.2) is 0 Å². The topological polar surface area (TPSA) is 72.6 Å². The van der Waals surface area contributed by atoms with Gasteiger partial charge < -0.3 is 15.6 Å². The monoisotopic (exact) mass is 265 g/mol. The molecule has 106 valence electrons. The highest BCUT2D eigenvalue weighted by atomic mass is 16.5. The van der Waals surface area contributed by atoms with Crippen LogP contribution in [0, 0.1) is 0 Å². The molecule has 0 heterocycles. The van der Waals surface area contributed by atoms with Crippen LogP contribution in [0.4, 0.5) is 0 Å². The zero-order chi connectivity index (χ0) is 14.6. The lowest BCUT2D eigenvalue weighted by molar-refractivity contribution is -0.143. The first-order chi connectivity index (χ1) is 8.72. The lowest BCUT2D eigenvalue weighted by Crippen LogP contribution is -2.47. The van der Waals surface area contributed by atoms with E-state index in [0.29, 0.717) is 5.92 Å². The zero-order valence-corrected chi connectivity index (χ0v) is 12.0. The summed E-state index contributed by atoms with van der Waals surface area (Å²) < 4.78 is 5.69. The van der Waals surface area contributed by atoms with Gasteiger partial charge in [-0.2, -0.15) is 0 Å². The van der Waals surface area contributed by atoms with E-state index in [0.717, 1.165) is 5.75 Å². The molecule has 19 heavy (non-hydrogen) atoms. The second-order valence-corrected chi connectivity index (χ2v) is 5.58. The average molecular weight is 265 g/mol. The number of rotatable bonds is 6. The van der Waals surface area contributed by atoms with Crippen molar-refractivity contribution in [3.8, 4) is 5.75 Å². The van der Waals surface area contributed by atoms with Crippen molar-refractivity contribution in [1.29, 1.82) is 0 Å². The van der Waals surface area contributed by atoms with E-state index in [1.165, 1.54) is 12.5 Å². The largest absolute Gasteiger partial charge is 0.491 e. The van der Waals surface area contributed by atoms with Crippen molar-refractivity contribution in [2.45, 2.75) is 51.7 Å². The van der Waals surface area contributed by atoms with Crippen LogP contribution in [0.1, 0.15) is 45.6 Å². The van der Waals surface area contributed by atoms with Crippen molar-refractivity contribution in [1.82, 2.24) is 0 Å². The second kappa shape index (κ2) is 6.06. The molecule has 2 atom stereocenters. The van der Waals surface area contributed by atoms with Gasteiger partial charge in [0.25, 0.3) is 0 Å². The molecule has 1 aromatic rings. The van der Waals surface area contributed by atoms with Crippen LogP contribution in [0.3, 0.4) is 0 Å². The number of aliphatic carboxylic acids is 1. The summed E-state index contributed by atoms with van der Waals surface area (Å²) in [5.41, 5.74) is 5.68. The minimum absolute atomic E-state index is 0.254. The van der Waals surface area contributed by atoms with Crippen molar-refractivity contribution in [2.24, 2.45) is 5.73 Å². The van der Waals surface area contributed by atoms with Crippen LogP contribution >= 0.6 is 0 Å². The number of hydrogen-bond donors (Lipinski definition) is 2. The lowest BCUT2D eigenvalue weighted by Gasteiger charge is -2.24. The number of carboxylic acid groups (broad SMARTS) is 1. The van der Waals surface area contributed by atoms with E-state index in [-0.39, 0.29) is 12.5 Å². The molecule has 0 amide bonds. The van der Waals surface area contributed by atoms with Gasteiger partial charge >= 0.3 is 5.97 Å². The van der Waals surface area contributed by atoms with E-state index < -0.39 is 11.5 Å². The van der Waals surface area contributed by atoms with Crippen molar-refractivity contribution < 1.29 is 14.6 Å². The fourth-order valence-corrected chi connectivity index (χ4v) is 1.89. The molecule has 4 heteroatoms. The SMILES string of the molecule is CC(CC(C)(N)C(=O)O)Oc1ccc(C(C)C)cc1. The quantitative estimate of drug-likeness (QED) is 0.829. The average Bonchev–Trinajstić information content (AvgIpc) is 2.28. The van der Waals surface area contributed by atoms with Gasteiger partial charge in [-0.3, -0.25) is 4.79 Å². The molecule has 1 aromatic carbocycles. The molecule has 0 aromatic heterocycles. The highest BCUT2D eigenvalue weighted by Crippen LogP contribution is 2.21. The Morgan fingerprint density at radius 1 is 1.32 bits per heavy atom. The molecule has 0 bridgehead atoms. The Balaban J connectivity index is 2.62. The Hall–Kier alpha value is -1.55. The molecule has 1 rings (SSSR count). The third-order valence-corrected chi connectivity index (χ3v) is 3.08. The predicted molar refractivity (Wildman–Crippen MR) is 75.5 cm³/mol. The summed E-state index contributed by atoms with van der Waals surface area (Å²) in [4.78, 5) is 10.9. The fraction of sp³-hybridized carbons (Fsp3) is 0.533. The molecule has 0 fully saturated rings. The second-order valence-electron chi connectivity index (χ2n) is 5.58. The van der Waals surface area contributed by atoms with E-state index in [4.69, 9.17) is 15.6 Å². The third-order valence-electron chi connectivity index (χ3n) is 3.08. The van der Waals surface area contributed by atoms with E-state index in [1.54, 1.807) is 0 Å². The maximum Gasteiger partial charge on any atom is 0.323 e. The molecule has 0 saturated heterocycles. The summed E-state index contributed by atoms with van der Waals surface area (Å²) in [6.45, 7) is 7.58. The van der Waals surface area contributed by atoms with Crippen molar-refractivity contribution in [3.63, 3.8) is 0 Å². The summed E-state index contributed by atoms with van der Waals surface area (Å²) in [7, 11) is 0. The van der Waals surface area contributed by atoms with Crippen LogP contribution in [0.5, 0.6) is 5.75 Å². The smallest absolute Gasteiger partial charge is 0.323 e. The Labute approximate surface area is 114 Å². The molecule has 4 nitrogen and oxygen atoms in total. The van der Waals surface area contributed by atoms with Crippen molar-refractivity contribution >= 4 is 5.97 Å². The number of benzene rings is 1. The van der Waals surface area contributed by atoms with E-state index in [2.05, 4.69) is 13.8 Å². The molecule has 0 saturated carbocycles. The maximum absolute atomic E-state index is 10.9. The summed E-state index contributed by atoms with van der Waals surface area (Å²) >= 11 is 0. The third kappa shape index (κ3) is 4.56. The van der Waals surface area contributed by atoms with E-state index in [1.807, 2.05) is 31.2 Å². The molecule has 0 spiro atoms. The summed E-state index contributed by atoms with van der Waals surface area (Å²) in [5, 5.41) is 8.97. The minimum Gasteiger partial charge on any atom is -0.491 e. The normalized spacial score (nSPS) is 15.9. The Morgan fingerprint density at radius 2 is 1.84 bits per heavy atom. The number of hydrogen-bond acceptors (Lipinski definition) is 3. The maximum atomic E-state index is 10.9. The fourth-order valence-electron chi connectivity index (χ4n) is 1.89. The van der Waals surface area contributed by atoms with Gasteiger partial charge in [-0.25, -0.2) is 0 Å². The highest BCUT2D eigenvalue weighted by Gasteiger charge is 2.30. The number of nitrogens with two attached hydrogens (primary N) is 1. The van der Waals surface area contributed by atoms with Crippen LogP contribution in [0.15, 0.2) is 24.3 Å². The summed E-state index contributed by atoms with van der Waals surface area (Å²) in [6, 6.07) is 7.85. The van der Waals surface area contributed by atoms with Crippen LogP contribution < -0.4 is 10.5 Å². The zero-order valence-electron chi connectivity index (χ0n) is 12.0. The molecular weight excluding hydrogens is 242 g/mol. The van der Waals surface area contributed by atoms with Gasteiger partial charge in [0.1, 0.15) is 11.3 Å². The minimum atomic E-state index is -1.27. The number of carbonyl (C=O) groups is 1.